The molecule has 2 aromatic carbocycles. The molecule has 3 rings (SSSR count). The van der Waals surface area contributed by atoms with Crippen LogP contribution in [0.2, 0.25) is 0 Å². The molecule has 1 heterocycles. The molecule has 0 aliphatic rings. The van der Waals surface area contributed by atoms with Crippen molar-refractivity contribution in [3.05, 3.63) is 71.9 Å². The van der Waals surface area contributed by atoms with Gasteiger partial charge in [-0.3, -0.25) is 0 Å². The Morgan fingerprint density at radius 2 is 1.42 bits per heavy atom. The van der Waals surface area contributed by atoms with Gasteiger partial charge in [0.05, 0.1) is 10.1 Å². The van der Waals surface area contributed by atoms with Gasteiger partial charge in [-0.1, -0.05) is 76.6 Å². The van der Waals surface area contributed by atoms with E-state index in [2.05, 4.69) is 65.8 Å². The average Bonchev–Trinajstić information content (AvgIpc) is 2.91. The Balaban J connectivity index is 1.75. The Labute approximate surface area is 230 Å². The van der Waals surface area contributed by atoms with Crippen LogP contribution in [0.15, 0.2) is 60.7 Å². The summed E-state index contributed by atoms with van der Waals surface area (Å²) in [6, 6.07) is 21.0. The van der Waals surface area contributed by atoms with Crippen molar-refractivity contribution in [1.82, 2.24) is 0 Å². The predicted octanol–water partition coefficient (Wildman–Crippen LogP) is 7.20. The second-order valence-corrected chi connectivity index (χ2v) is 11.6. The van der Waals surface area contributed by atoms with Crippen molar-refractivity contribution in [2.24, 2.45) is 0 Å². The Morgan fingerprint density at radius 3 is 2.05 bits per heavy atom. The summed E-state index contributed by atoms with van der Waals surface area (Å²) in [5, 5.41) is 1.08. The number of anilines is 1. The largest absolute Gasteiger partial charge is 0.748 e. The number of para-hydroxylation sites is 1. The highest BCUT2D eigenvalue weighted by molar-refractivity contribution is 7.85. The molecule has 6 heteroatoms. The molecule has 0 radical (unpaired) electrons. The van der Waals surface area contributed by atoms with E-state index in [0.717, 1.165) is 35.2 Å². The first-order valence-corrected chi connectivity index (χ1v) is 15.9. The summed E-state index contributed by atoms with van der Waals surface area (Å²) >= 11 is 0. The van der Waals surface area contributed by atoms with Crippen LogP contribution >= 0.6 is 0 Å². The molecular weight excluding hydrogens is 492 g/mol. The molecule has 0 aliphatic heterocycles. The highest BCUT2D eigenvalue weighted by Gasteiger charge is 2.14. The molecule has 0 amide bonds. The Morgan fingerprint density at radius 1 is 0.763 bits per heavy atom. The van der Waals surface area contributed by atoms with E-state index in [0.29, 0.717) is 6.54 Å². The molecule has 5 nitrogen and oxygen atoms in total. The van der Waals surface area contributed by atoms with Crippen molar-refractivity contribution in [2.75, 3.05) is 23.7 Å². The molecule has 0 unspecified atom stereocenters. The smallest absolute Gasteiger partial charge is 0.212 e. The lowest BCUT2D eigenvalue weighted by molar-refractivity contribution is -0.673. The first-order chi connectivity index (χ1) is 18.4. The Bertz CT molecular complexity index is 1240. The van der Waals surface area contributed by atoms with Gasteiger partial charge in [-0.2, -0.15) is 4.57 Å². The van der Waals surface area contributed by atoms with E-state index >= 15 is 0 Å². The minimum absolute atomic E-state index is 0.284. The second-order valence-electron chi connectivity index (χ2n) is 10.1. The van der Waals surface area contributed by atoms with Gasteiger partial charge in [-0.25, -0.2) is 8.42 Å². The minimum atomic E-state index is -4.23. The summed E-state index contributed by atoms with van der Waals surface area (Å²) < 4.78 is 35.5. The number of benzene rings is 2. The first kappa shape index (κ1) is 29.9. The van der Waals surface area contributed by atoms with Crippen LogP contribution in [0.3, 0.4) is 0 Å². The zero-order chi connectivity index (χ0) is 27.2. The number of pyridine rings is 1. The van der Waals surface area contributed by atoms with E-state index in [1.807, 2.05) is 30.3 Å². The van der Waals surface area contributed by atoms with E-state index in [4.69, 9.17) is 0 Å². The third kappa shape index (κ3) is 9.88. The molecule has 0 aliphatic carbocycles. The lowest BCUT2D eigenvalue weighted by Gasteiger charge is -2.25. The van der Waals surface area contributed by atoms with Gasteiger partial charge in [-0.05, 0) is 48.7 Å². The fraction of sp³-hybridized carbons (Fsp3) is 0.469. The molecule has 0 saturated carbocycles. The molecule has 0 spiro atoms. The standard InChI is InChI=1S/C32H44N2O3S/c1-3-5-7-11-24-33(25-12-8-6-4-2)30-20-16-28(17-21-30)18-22-31-23-19-29-14-9-10-15-32(29)34(31)26-13-27-38(35,36)37/h9-10,14-23H,3-8,11-13,24-27H2,1-2H3. The van der Waals surface area contributed by atoms with E-state index < -0.39 is 10.1 Å². The molecule has 0 saturated heterocycles. The van der Waals surface area contributed by atoms with Crippen molar-refractivity contribution in [2.45, 2.75) is 78.2 Å². The van der Waals surface area contributed by atoms with Crippen molar-refractivity contribution in [3.8, 4) is 0 Å². The number of hydrogen-bond donors (Lipinski definition) is 0. The lowest BCUT2D eigenvalue weighted by Crippen LogP contribution is -2.38. The van der Waals surface area contributed by atoms with Crippen molar-refractivity contribution < 1.29 is 17.5 Å². The van der Waals surface area contributed by atoms with Gasteiger partial charge in [0.15, 0.2) is 6.54 Å². The number of aryl methyl sites for hydroxylation is 1. The molecule has 0 bridgehead atoms. The zero-order valence-electron chi connectivity index (χ0n) is 23.1. The lowest BCUT2D eigenvalue weighted by atomic mass is 10.1. The third-order valence-electron chi connectivity index (χ3n) is 7.02. The van der Waals surface area contributed by atoms with Gasteiger partial charge >= 0.3 is 0 Å². The number of unbranched alkanes of at least 4 members (excludes halogenated alkanes) is 6. The summed E-state index contributed by atoms with van der Waals surface area (Å²) in [4.78, 5) is 2.54. The zero-order valence-corrected chi connectivity index (χ0v) is 24.0. The van der Waals surface area contributed by atoms with Gasteiger partial charge < -0.3 is 9.45 Å². The summed E-state index contributed by atoms with van der Waals surface area (Å²) in [5.41, 5.74) is 4.40. The first-order valence-electron chi connectivity index (χ1n) is 14.3. The fourth-order valence-corrected chi connectivity index (χ4v) is 5.36. The molecule has 0 fully saturated rings. The van der Waals surface area contributed by atoms with Gasteiger partial charge in [0.2, 0.25) is 11.2 Å². The number of aromatic nitrogens is 1. The van der Waals surface area contributed by atoms with Crippen LogP contribution in [0, 0.1) is 0 Å². The van der Waals surface area contributed by atoms with Crippen LogP contribution in [0.1, 0.15) is 82.9 Å². The maximum absolute atomic E-state index is 11.1. The average molecular weight is 537 g/mol. The quantitative estimate of drug-likeness (QED) is 0.104. The molecule has 1 aromatic heterocycles. The number of rotatable bonds is 17. The molecule has 0 atom stereocenters. The maximum atomic E-state index is 11.1. The molecule has 0 N–H and O–H groups in total. The van der Waals surface area contributed by atoms with Crippen LogP contribution in [0.25, 0.3) is 23.1 Å². The van der Waals surface area contributed by atoms with Gasteiger partial charge in [0.1, 0.15) is 0 Å². The monoisotopic (exact) mass is 536 g/mol. The molecule has 38 heavy (non-hydrogen) atoms. The number of nitrogens with zero attached hydrogens (tertiary/aromatic N) is 2. The van der Waals surface area contributed by atoms with E-state index in [9.17, 15) is 13.0 Å². The van der Waals surface area contributed by atoms with Gasteiger partial charge in [0, 0.05) is 54.5 Å². The normalized spacial score (nSPS) is 12.0. The van der Waals surface area contributed by atoms with Crippen LogP contribution in [0.4, 0.5) is 5.69 Å². The van der Waals surface area contributed by atoms with Crippen LogP contribution in [-0.4, -0.2) is 31.8 Å². The predicted molar refractivity (Wildman–Crippen MR) is 159 cm³/mol. The second kappa shape index (κ2) is 15.6. The van der Waals surface area contributed by atoms with Crippen molar-refractivity contribution >= 4 is 38.9 Å². The molecule has 3 aromatic rings. The number of fused-ring (bicyclic) bond motifs is 1. The third-order valence-corrected chi connectivity index (χ3v) is 7.81. The van der Waals surface area contributed by atoms with Crippen LogP contribution in [0.5, 0.6) is 0 Å². The Kier molecular flexibility index (Phi) is 12.3. The van der Waals surface area contributed by atoms with Gasteiger partial charge in [0.25, 0.3) is 0 Å². The summed E-state index contributed by atoms with van der Waals surface area (Å²) in [5.74, 6) is -0.360. The van der Waals surface area contributed by atoms with E-state index in [1.165, 1.54) is 57.1 Å². The maximum Gasteiger partial charge on any atom is 0.212 e. The highest BCUT2D eigenvalue weighted by atomic mass is 32.2. The molecule has 206 valence electrons. The fourth-order valence-electron chi connectivity index (χ4n) is 4.88. The summed E-state index contributed by atoms with van der Waals surface area (Å²) in [6.07, 6.45) is 14.6. The van der Waals surface area contributed by atoms with Gasteiger partial charge in [-0.15, -0.1) is 0 Å². The highest BCUT2D eigenvalue weighted by Crippen LogP contribution is 2.20. The van der Waals surface area contributed by atoms with Crippen molar-refractivity contribution in [1.29, 1.82) is 0 Å². The minimum Gasteiger partial charge on any atom is -0.748 e. The Hall–Kier alpha value is -2.70. The topological polar surface area (TPSA) is 64.3 Å². The summed E-state index contributed by atoms with van der Waals surface area (Å²) in [6.45, 7) is 7.19. The van der Waals surface area contributed by atoms with Crippen LogP contribution in [-0.2, 0) is 16.7 Å². The van der Waals surface area contributed by atoms with E-state index in [1.54, 1.807) is 0 Å². The molecular formula is C32H44N2O3S. The summed E-state index contributed by atoms with van der Waals surface area (Å²) in [7, 11) is -4.23. The van der Waals surface area contributed by atoms with Crippen molar-refractivity contribution in [3.63, 3.8) is 0 Å². The van der Waals surface area contributed by atoms with E-state index in [-0.39, 0.29) is 12.2 Å². The van der Waals surface area contributed by atoms with Crippen LogP contribution < -0.4 is 9.47 Å². The SMILES string of the molecule is CCCCCCN(CCCCCC)c1ccc(/C=C/c2ccc3ccccc3[n+]2CCCS(=O)(=O)[O-])cc1. The number of hydrogen-bond acceptors (Lipinski definition) is 4.